The van der Waals surface area contributed by atoms with E-state index in [2.05, 4.69) is 26.5 Å². The number of hydrogen-bond donors (Lipinski definition) is 1. The highest BCUT2D eigenvalue weighted by Crippen LogP contribution is 2.58. The molecule has 0 unspecified atom stereocenters. The van der Waals surface area contributed by atoms with Gasteiger partial charge in [-0.1, -0.05) is 23.8 Å². The highest BCUT2D eigenvalue weighted by atomic mass is 16.3. The van der Waals surface area contributed by atoms with Crippen molar-refractivity contribution in [1.82, 2.24) is 0 Å². The molecular weight excluding hydrogens is 196 g/mol. The van der Waals surface area contributed by atoms with Crippen LogP contribution in [0.3, 0.4) is 0 Å². The van der Waals surface area contributed by atoms with E-state index >= 15 is 0 Å². The van der Waals surface area contributed by atoms with E-state index in [4.69, 9.17) is 0 Å². The van der Waals surface area contributed by atoms with Crippen LogP contribution < -0.4 is 0 Å². The average molecular weight is 220 g/mol. The van der Waals surface area contributed by atoms with Crippen molar-refractivity contribution in [1.29, 1.82) is 0 Å². The molecule has 0 saturated heterocycles. The molecule has 0 aliphatic heterocycles. The predicted molar refractivity (Wildman–Crippen MR) is 68.2 cm³/mol. The van der Waals surface area contributed by atoms with Crippen LogP contribution in [0.15, 0.2) is 23.8 Å². The smallest absolute Gasteiger partial charge is 0.0715 e. The van der Waals surface area contributed by atoms with E-state index in [-0.39, 0.29) is 5.41 Å². The maximum atomic E-state index is 10.7. The number of hydrogen-bond acceptors (Lipinski definition) is 1. The Morgan fingerprint density at radius 2 is 2.19 bits per heavy atom. The molecule has 1 fully saturated rings. The topological polar surface area (TPSA) is 20.2 Å². The second-order valence-corrected chi connectivity index (χ2v) is 6.07. The highest BCUT2D eigenvalue weighted by Gasteiger charge is 2.53. The molecule has 2 rings (SSSR count). The van der Waals surface area contributed by atoms with Gasteiger partial charge in [0.2, 0.25) is 0 Å². The Morgan fingerprint density at radius 1 is 1.50 bits per heavy atom. The Balaban J connectivity index is 2.33. The van der Waals surface area contributed by atoms with E-state index in [1.54, 1.807) is 0 Å². The molecule has 0 heterocycles. The minimum Gasteiger partial charge on any atom is -0.389 e. The van der Waals surface area contributed by atoms with Crippen LogP contribution in [0, 0.1) is 11.3 Å². The van der Waals surface area contributed by atoms with Gasteiger partial charge in [-0.05, 0) is 58.8 Å². The second-order valence-electron chi connectivity index (χ2n) is 6.07. The fourth-order valence-electron chi connectivity index (χ4n) is 3.74. The number of allylic oxidation sites excluding steroid dienone is 2. The van der Waals surface area contributed by atoms with Crippen molar-refractivity contribution in [2.75, 3.05) is 0 Å². The van der Waals surface area contributed by atoms with Crippen molar-refractivity contribution >= 4 is 0 Å². The molecule has 1 nitrogen and oxygen atoms in total. The summed E-state index contributed by atoms with van der Waals surface area (Å²) in [6.45, 7) is 10.4. The lowest BCUT2D eigenvalue weighted by Crippen LogP contribution is -2.47. The molecule has 0 bridgehead atoms. The van der Waals surface area contributed by atoms with Gasteiger partial charge in [0.1, 0.15) is 0 Å². The van der Waals surface area contributed by atoms with Crippen molar-refractivity contribution in [3.8, 4) is 0 Å². The lowest BCUT2D eigenvalue weighted by molar-refractivity contribution is -0.0602. The van der Waals surface area contributed by atoms with Gasteiger partial charge in [-0.15, -0.1) is 0 Å². The zero-order chi connectivity index (χ0) is 12.0. The van der Waals surface area contributed by atoms with Gasteiger partial charge >= 0.3 is 0 Å². The van der Waals surface area contributed by atoms with Crippen LogP contribution in [-0.4, -0.2) is 10.7 Å². The first-order valence-electron chi connectivity index (χ1n) is 6.44. The Hall–Kier alpha value is -0.560. The molecule has 0 radical (unpaired) electrons. The van der Waals surface area contributed by atoms with Crippen LogP contribution in [0.5, 0.6) is 0 Å². The van der Waals surface area contributed by atoms with Crippen LogP contribution in [0.2, 0.25) is 0 Å². The summed E-state index contributed by atoms with van der Waals surface area (Å²) < 4.78 is 0. The lowest BCUT2D eigenvalue weighted by atomic mass is 9.61. The molecule has 3 atom stereocenters. The van der Waals surface area contributed by atoms with Crippen LogP contribution in [0.25, 0.3) is 0 Å². The Morgan fingerprint density at radius 3 is 2.69 bits per heavy atom. The quantitative estimate of drug-likeness (QED) is 0.666. The third-order valence-corrected chi connectivity index (χ3v) is 5.08. The summed E-state index contributed by atoms with van der Waals surface area (Å²) in [5.41, 5.74) is 2.21. The molecule has 0 amide bonds. The fourth-order valence-corrected chi connectivity index (χ4v) is 3.74. The monoisotopic (exact) mass is 220 g/mol. The standard InChI is InChI=1S/C15H24O/c1-11(2)13-7-9-15(10-13)12(3)6-5-8-14(15,4)16/h6,13,16H,1,5,7-10H2,2-4H3/t13-,14+,15-/m1/s1. The predicted octanol–water partition coefficient (Wildman–Crippen LogP) is 3.84. The van der Waals surface area contributed by atoms with Crippen molar-refractivity contribution in [3.63, 3.8) is 0 Å². The number of rotatable bonds is 1. The zero-order valence-corrected chi connectivity index (χ0v) is 10.8. The Labute approximate surface area is 99.3 Å². The average Bonchev–Trinajstić information content (AvgIpc) is 2.61. The summed E-state index contributed by atoms with van der Waals surface area (Å²) in [7, 11) is 0. The van der Waals surface area contributed by atoms with E-state index in [0.717, 1.165) is 25.7 Å². The van der Waals surface area contributed by atoms with Gasteiger partial charge in [0.05, 0.1) is 5.60 Å². The van der Waals surface area contributed by atoms with Crippen LogP contribution >= 0.6 is 0 Å². The molecule has 90 valence electrons. The first-order chi connectivity index (χ1) is 7.39. The summed E-state index contributed by atoms with van der Waals surface area (Å²) >= 11 is 0. The van der Waals surface area contributed by atoms with Gasteiger partial charge in [0.15, 0.2) is 0 Å². The van der Waals surface area contributed by atoms with E-state index in [0.29, 0.717) is 5.92 Å². The van der Waals surface area contributed by atoms with E-state index < -0.39 is 5.60 Å². The highest BCUT2D eigenvalue weighted by molar-refractivity contribution is 5.26. The fraction of sp³-hybridized carbons (Fsp3) is 0.733. The summed E-state index contributed by atoms with van der Waals surface area (Å²) in [5, 5.41) is 10.7. The lowest BCUT2D eigenvalue weighted by Gasteiger charge is -2.47. The SMILES string of the molecule is C=C(C)[C@@H]1CC[C@@]2(C1)C(C)=CCC[C@]2(C)O. The normalized spacial score (nSPS) is 43.5. The van der Waals surface area contributed by atoms with Gasteiger partial charge < -0.3 is 5.11 Å². The van der Waals surface area contributed by atoms with Crippen molar-refractivity contribution in [2.45, 2.75) is 58.5 Å². The van der Waals surface area contributed by atoms with Crippen molar-refractivity contribution < 1.29 is 5.11 Å². The molecule has 1 N–H and O–H groups in total. The van der Waals surface area contributed by atoms with Crippen molar-refractivity contribution in [2.24, 2.45) is 11.3 Å². The molecule has 0 aromatic carbocycles. The molecular formula is C15H24O. The Bertz CT molecular complexity index is 337. The van der Waals surface area contributed by atoms with Crippen molar-refractivity contribution in [3.05, 3.63) is 23.8 Å². The third-order valence-electron chi connectivity index (χ3n) is 5.08. The van der Waals surface area contributed by atoms with Crippen LogP contribution in [0.4, 0.5) is 0 Å². The van der Waals surface area contributed by atoms with Gasteiger partial charge in [0.25, 0.3) is 0 Å². The molecule has 1 spiro atoms. The molecule has 1 heteroatoms. The summed E-state index contributed by atoms with van der Waals surface area (Å²) in [5.74, 6) is 0.605. The molecule has 1 saturated carbocycles. The molecule has 2 aliphatic rings. The van der Waals surface area contributed by atoms with Gasteiger partial charge in [0, 0.05) is 5.41 Å². The summed E-state index contributed by atoms with van der Waals surface area (Å²) in [6.07, 6.45) is 7.68. The number of aliphatic hydroxyl groups is 1. The maximum Gasteiger partial charge on any atom is 0.0715 e. The minimum atomic E-state index is -0.518. The molecule has 0 aromatic rings. The first kappa shape index (κ1) is 11.9. The van der Waals surface area contributed by atoms with Crippen LogP contribution in [0.1, 0.15) is 52.9 Å². The minimum absolute atomic E-state index is 0.0366. The Kier molecular flexibility index (Phi) is 2.78. The first-order valence-corrected chi connectivity index (χ1v) is 6.44. The van der Waals surface area contributed by atoms with E-state index in [1.807, 2.05) is 6.92 Å². The molecule has 16 heavy (non-hydrogen) atoms. The largest absolute Gasteiger partial charge is 0.389 e. The summed E-state index contributed by atoms with van der Waals surface area (Å²) in [6, 6.07) is 0. The second kappa shape index (κ2) is 3.73. The maximum absolute atomic E-state index is 10.7. The zero-order valence-electron chi connectivity index (χ0n) is 10.8. The van der Waals surface area contributed by atoms with E-state index in [1.165, 1.54) is 17.6 Å². The van der Waals surface area contributed by atoms with E-state index in [9.17, 15) is 5.11 Å². The summed E-state index contributed by atoms with van der Waals surface area (Å²) in [4.78, 5) is 0. The van der Waals surface area contributed by atoms with Crippen LogP contribution in [-0.2, 0) is 0 Å². The third kappa shape index (κ3) is 1.57. The molecule has 2 aliphatic carbocycles. The molecule has 0 aromatic heterocycles. The van der Waals surface area contributed by atoms with Gasteiger partial charge in [-0.25, -0.2) is 0 Å². The van der Waals surface area contributed by atoms with Gasteiger partial charge in [-0.2, -0.15) is 0 Å². The van der Waals surface area contributed by atoms with Gasteiger partial charge in [-0.3, -0.25) is 0 Å².